The predicted octanol–water partition coefficient (Wildman–Crippen LogP) is 4.04. The molecular weight excluding hydrogens is 359 g/mol. The minimum Gasteiger partial charge on any atom is -0.457 e. The van der Waals surface area contributed by atoms with Gasteiger partial charge in [-0.25, -0.2) is 9.78 Å². The fourth-order valence-electron chi connectivity index (χ4n) is 2.89. The van der Waals surface area contributed by atoms with Crippen LogP contribution < -0.4 is 5.32 Å². The second kappa shape index (κ2) is 7.80. The van der Waals surface area contributed by atoms with Gasteiger partial charge in [0, 0.05) is 24.3 Å². The molecule has 3 aromatic rings. The maximum Gasteiger partial charge on any atom is 0.342 e. The van der Waals surface area contributed by atoms with Crippen LogP contribution in [-0.2, 0) is 17.9 Å². The number of anilines is 1. The number of pyridine rings is 1. The normalized spacial score (nSPS) is 13.4. The highest BCUT2D eigenvalue weighted by Crippen LogP contribution is 2.32. The van der Waals surface area contributed by atoms with Crippen molar-refractivity contribution in [1.82, 2.24) is 14.8 Å². The molecule has 28 heavy (non-hydrogen) atoms. The van der Waals surface area contributed by atoms with Crippen molar-refractivity contribution >= 4 is 11.8 Å². The summed E-state index contributed by atoms with van der Waals surface area (Å²) in [6, 6.07) is 12.6. The summed E-state index contributed by atoms with van der Waals surface area (Å²) in [5.74, 6) is -0.642. The number of nitrogens with zero attached hydrogens (tertiary/aromatic N) is 3. The average Bonchev–Trinajstić information content (AvgIpc) is 3.42. The molecule has 6 nitrogen and oxygen atoms in total. The van der Waals surface area contributed by atoms with Gasteiger partial charge in [-0.1, -0.05) is 30.3 Å². The molecule has 0 atom stereocenters. The van der Waals surface area contributed by atoms with Crippen molar-refractivity contribution < 1.29 is 13.9 Å². The molecule has 2 heterocycles. The van der Waals surface area contributed by atoms with Crippen molar-refractivity contribution in [2.75, 3.05) is 5.32 Å². The van der Waals surface area contributed by atoms with E-state index in [1.54, 1.807) is 16.9 Å². The molecule has 1 aromatic carbocycles. The zero-order valence-electron chi connectivity index (χ0n) is 15.6. The summed E-state index contributed by atoms with van der Waals surface area (Å²) in [6.07, 6.45) is 3.70. The number of carbonyl (C=O) groups is 1. The molecule has 0 unspecified atom stereocenters. The lowest BCUT2D eigenvalue weighted by Gasteiger charge is -2.10. The van der Waals surface area contributed by atoms with E-state index in [0.29, 0.717) is 29.2 Å². The summed E-state index contributed by atoms with van der Waals surface area (Å²) in [6.45, 7) is 2.70. The van der Waals surface area contributed by atoms with Crippen molar-refractivity contribution in [3.8, 4) is 11.3 Å². The largest absolute Gasteiger partial charge is 0.457 e. The Labute approximate surface area is 162 Å². The van der Waals surface area contributed by atoms with Gasteiger partial charge in [0.1, 0.15) is 23.7 Å². The third-order valence-corrected chi connectivity index (χ3v) is 4.55. The summed E-state index contributed by atoms with van der Waals surface area (Å²) >= 11 is 0. The van der Waals surface area contributed by atoms with Crippen LogP contribution >= 0.6 is 0 Å². The van der Waals surface area contributed by atoms with Gasteiger partial charge in [-0.05, 0) is 37.5 Å². The minimum atomic E-state index is -0.574. The summed E-state index contributed by atoms with van der Waals surface area (Å²) in [4.78, 5) is 16.7. The van der Waals surface area contributed by atoms with Crippen LogP contribution in [-0.4, -0.2) is 26.8 Å². The predicted molar refractivity (Wildman–Crippen MR) is 103 cm³/mol. The van der Waals surface area contributed by atoms with E-state index >= 15 is 0 Å². The Balaban J connectivity index is 1.64. The van der Waals surface area contributed by atoms with Crippen LogP contribution in [0.3, 0.4) is 0 Å². The summed E-state index contributed by atoms with van der Waals surface area (Å²) < 4.78 is 20.9. The smallest absolute Gasteiger partial charge is 0.342 e. The number of aryl methyl sites for hydroxylation is 1. The lowest BCUT2D eigenvalue weighted by molar-refractivity contribution is 0.0473. The highest BCUT2D eigenvalue weighted by atomic mass is 19.1. The molecule has 0 bridgehead atoms. The van der Waals surface area contributed by atoms with Crippen LogP contribution in [0.25, 0.3) is 11.3 Å². The van der Waals surface area contributed by atoms with Crippen molar-refractivity contribution in [2.45, 2.75) is 39.0 Å². The molecule has 0 amide bonds. The zero-order chi connectivity index (χ0) is 19.5. The zero-order valence-corrected chi connectivity index (χ0v) is 15.6. The van der Waals surface area contributed by atoms with Crippen LogP contribution in [0.2, 0.25) is 0 Å². The highest BCUT2D eigenvalue weighted by Gasteiger charge is 2.26. The molecule has 2 aromatic heterocycles. The van der Waals surface area contributed by atoms with Gasteiger partial charge in [-0.2, -0.15) is 9.49 Å². The number of nitrogens with one attached hydrogen (secondary N) is 1. The lowest BCUT2D eigenvalue weighted by atomic mass is 10.1. The van der Waals surface area contributed by atoms with Gasteiger partial charge in [0.05, 0.1) is 0 Å². The number of carbonyl (C=O) groups excluding carboxylic acids is 1. The second-order valence-electron chi connectivity index (χ2n) is 6.76. The molecule has 1 fully saturated rings. The molecule has 1 N–H and O–H groups in total. The fraction of sp³-hybridized carbons (Fsp3) is 0.286. The Morgan fingerprint density at radius 3 is 2.75 bits per heavy atom. The molecule has 0 saturated heterocycles. The van der Waals surface area contributed by atoms with E-state index in [1.807, 2.05) is 37.3 Å². The number of esters is 1. The SMILES string of the molecule is CCn1cc(C(=O)OCc2ccccc2)c(-c2ccc(F)nc2NC2CC2)n1. The van der Waals surface area contributed by atoms with Gasteiger partial charge >= 0.3 is 5.97 Å². The molecule has 1 aliphatic carbocycles. The van der Waals surface area contributed by atoms with Gasteiger partial charge in [0.15, 0.2) is 0 Å². The number of hydrogen-bond donors (Lipinski definition) is 1. The van der Waals surface area contributed by atoms with E-state index in [2.05, 4.69) is 15.4 Å². The maximum atomic E-state index is 13.7. The van der Waals surface area contributed by atoms with Gasteiger partial charge in [0.25, 0.3) is 0 Å². The van der Waals surface area contributed by atoms with E-state index in [0.717, 1.165) is 18.4 Å². The fourth-order valence-corrected chi connectivity index (χ4v) is 2.89. The van der Waals surface area contributed by atoms with E-state index in [4.69, 9.17) is 4.74 Å². The number of hydrogen-bond acceptors (Lipinski definition) is 5. The molecule has 144 valence electrons. The van der Waals surface area contributed by atoms with E-state index in [1.165, 1.54) is 6.07 Å². The first-order chi connectivity index (χ1) is 13.6. The summed E-state index contributed by atoms with van der Waals surface area (Å²) in [7, 11) is 0. The van der Waals surface area contributed by atoms with Crippen molar-refractivity contribution in [3.63, 3.8) is 0 Å². The van der Waals surface area contributed by atoms with Crippen LogP contribution in [0, 0.1) is 5.95 Å². The Bertz CT molecular complexity index is 983. The monoisotopic (exact) mass is 380 g/mol. The number of aromatic nitrogens is 3. The average molecular weight is 380 g/mol. The highest BCUT2D eigenvalue weighted by molar-refractivity contribution is 5.97. The maximum absolute atomic E-state index is 13.7. The number of benzene rings is 1. The summed E-state index contributed by atoms with van der Waals surface area (Å²) in [5.41, 5.74) is 2.27. The molecule has 1 saturated carbocycles. The van der Waals surface area contributed by atoms with Crippen molar-refractivity contribution in [3.05, 3.63) is 65.7 Å². The quantitative estimate of drug-likeness (QED) is 0.495. The Morgan fingerprint density at radius 1 is 1.25 bits per heavy atom. The first kappa shape index (κ1) is 18.2. The first-order valence-electron chi connectivity index (χ1n) is 9.36. The van der Waals surface area contributed by atoms with Crippen LogP contribution in [0.5, 0.6) is 0 Å². The van der Waals surface area contributed by atoms with Crippen molar-refractivity contribution in [2.24, 2.45) is 0 Å². The molecule has 0 spiro atoms. The second-order valence-corrected chi connectivity index (χ2v) is 6.76. The molecule has 4 rings (SSSR count). The van der Waals surface area contributed by atoms with E-state index in [-0.39, 0.29) is 12.6 Å². The number of ether oxygens (including phenoxy) is 1. The standard InChI is InChI=1S/C21H21FN4O2/c1-2-26-12-17(21(27)28-13-14-6-4-3-5-7-14)19(25-26)16-10-11-18(22)24-20(16)23-15-8-9-15/h3-7,10-12,15H,2,8-9,13H2,1H3,(H,23,24). The third kappa shape index (κ3) is 4.03. The molecule has 0 radical (unpaired) electrons. The first-order valence-corrected chi connectivity index (χ1v) is 9.36. The van der Waals surface area contributed by atoms with Gasteiger partial charge in [-0.15, -0.1) is 0 Å². The molecule has 1 aliphatic rings. The van der Waals surface area contributed by atoms with Gasteiger partial charge < -0.3 is 10.1 Å². The van der Waals surface area contributed by atoms with E-state index < -0.39 is 11.9 Å². The Morgan fingerprint density at radius 2 is 2.04 bits per heavy atom. The number of rotatable bonds is 7. The van der Waals surface area contributed by atoms with Crippen molar-refractivity contribution in [1.29, 1.82) is 0 Å². The van der Waals surface area contributed by atoms with Crippen LogP contribution in [0.4, 0.5) is 10.2 Å². The molecule has 7 heteroatoms. The minimum absolute atomic E-state index is 0.172. The number of halogens is 1. The molecular formula is C21H21FN4O2. The van der Waals surface area contributed by atoms with Gasteiger partial charge in [0.2, 0.25) is 5.95 Å². The lowest BCUT2D eigenvalue weighted by Crippen LogP contribution is -2.09. The topological polar surface area (TPSA) is 69.0 Å². The van der Waals surface area contributed by atoms with E-state index in [9.17, 15) is 9.18 Å². The van der Waals surface area contributed by atoms with Crippen LogP contribution in [0.15, 0.2) is 48.7 Å². The van der Waals surface area contributed by atoms with Crippen LogP contribution in [0.1, 0.15) is 35.7 Å². The summed E-state index contributed by atoms with van der Waals surface area (Å²) in [5, 5.41) is 7.73. The van der Waals surface area contributed by atoms with Gasteiger partial charge in [-0.3, -0.25) is 4.68 Å². The molecule has 0 aliphatic heterocycles. The third-order valence-electron chi connectivity index (χ3n) is 4.55. The Kier molecular flexibility index (Phi) is 5.06. The Hall–Kier alpha value is -3.22.